The molecule has 3 N–H and O–H groups in total. The van der Waals surface area contributed by atoms with Crippen molar-refractivity contribution in [2.45, 2.75) is 11.3 Å². The maximum absolute atomic E-state index is 13.8. The van der Waals surface area contributed by atoms with Crippen LogP contribution in [0.4, 0.5) is 13.2 Å². The molecule has 0 bridgehead atoms. The first-order chi connectivity index (χ1) is 8.62. The molecule has 10 heteroatoms. The molecule has 0 aromatic heterocycles. The number of nitrogens with two attached hydrogens (primary N) is 1. The van der Waals surface area contributed by atoms with Crippen LogP contribution in [0.15, 0.2) is 17.0 Å². The van der Waals surface area contributed by atoms with Gasteiger partial charge in [0.25, 0.3) is 12.3 Å². The Morgan fingerprint density at radius 3 is 2.47 bits per heavy atom. The number of rotatable bonds is 4. The van der Waals surface area contributed by atoms with Gasteiger partial charge in [0.15, 0.2) is 5.82 Å². The molecule has 1 aromatic rings. The second kappa shape index (κ2) is 5.76. The van der Waals surface area contributed by atoms with Crippen molar-refractivity contribution in [2.75, 3.05) is 6.54 Å². The molecule has 1 aromatic carbocycles. The van der Waals surface area contributed by atoms with Gasteiger partial charge in [0.05, 0.1) is 12.1 Å². The van der Waals surface area contributed by atoms with Gasteiger partial charge in [0, 0.05) is 5.02 Å². The van der Waals surface area contributed by atoms with Crippen LogP contribution >= 0.6 is 11.6 Å². The first-order valence-corrected chi connectivity index (χ1v) is 6.63. The molecule has 0 spiro atoms. The number of alkyl halides is 2. The highest BCUT2D eigenvalue weighted by Gasteiger charge is 2.23. The number of primary sulfonamides is 1. The number of benzene rings is 1. The topological polar surface area (TPSA) is 89.3 Å². The van der Waals surface area contributed by atoms with E-state index in [0.717, 1.165) is 12.1 Å². The summed E-state index contributed by atoms with van der Waals surface area (Å²) in [4.78, 5) is 10.4. The lowest BCUT2D eigenvalue weighted by Gasteiger charge is -2.08. The SMILES string of the molecule is NS(=O)(=O)c1cc(Cl)cc(C(=O)NCC(F)F)c1F. The van der Waals surface area contributed by atoms with E-state index in [0.29, 0.717) is 0 Å². The monoisotopic (exact) mass is 316 g/mol. The van der Waals surface area contributed by atoms with E-state index in [2.05, 4.69) is 0 Å². The van der Waals surface area contributed by atoms with E-state index >= 15 is 0 Å². The van der Waals surface area contributed by atoms with Crippen molar-refractivity contribution in [3.8, 4) is 0 Å². The summed E-state index contributed by atoms with van der Waals surface area (Å²) in [5.41, 5.74) is -0.780. The molecule has 5 nitrogen and oxygen atoms in total. The number of hydrogen-bond acceptors (Lipinski definition) is 3. The third-order valence-corrected chi connectivity index (χ3v) is 3.10. The fourth-order valence-corrected chi connectivity index (χ4v) is 2.14. The Labute approximate surface area is 111 Å². The predicted molar refractivity (Wildman–Crippen MR) is 61.1 cm³/mol. The summed E-state index contributed by atoms with van der Waals surface area (Å²) in [5.74, 6) is -2.66. The Bertz CT molecular complexity index is 607. The molecule has 0 saturated carbocycles. The minimum Gasteiger partial charge on any atom is -0.346 e. The van der Waals surface area contributed by atoms with Gasteiger partial charge in [-0.1, -0.05) is 11.6 Å². The summed E-state index contributed by atoms with van der Waals surface area (Å²) in [5, 5.41) is 6.19. The molecule has 1 rings (SSSR count). The highest BCUT2D eigenvalue weighted by atomic mass is 35.5. The van der Waals surface area contributed by atoms with Crippen molar-refractivity contribution in [1.82, 2.24) is 5.32 Å². The van der Waals surface area contributed by atoms with Crippen LogP contribution in [0.3, 0.4) is 0 Å². The zero-order valence-corrected chi connectivity index (χ0v) is 10.7. The predicted octanol–water partition coefficient (Wildman–Crippen LogP) is 1.12. The number of hydrogen-bond donors (Lipinski definition) is 2. The van der Waals surface area contributed by atoms with Gasteiger partial charge in [0.2, 0.25) is 10.0 Å². The highest BCUT2D eigenvalue weighted by molar-refractivity contribution is 7.89. The average Bonchev–Trinajstić information content (AvgIpc) is 2.27. The van der Waals surface area contributed by atoms with Crippen molar-refractivity contribution in [2.24, 2.45) is 5.14 Å². The largest absolute Gasteiger partial charge is 0.346 e. The van der Waals surface area contributed by atoms with E-state index < -0.39 is 45.2 Å². The van der Waals surface area contributed by atoms with E-state index in [1.54, 1.807) is 5.32 Å². The molecule has 106 valence electrons. The summed E-state index contributed by atoms with van der Waals surface area (Å²) in [7, 11) is -4.43. The number of carbonyl (C=O) groups excluding carboxylic acids is 1. The lowest BCUT2D eigenvalue weighted by molar-refractivity contribution is 0.0887. The van der Waals surface area contributed by atoms with E-state index in [-0.39, 0.29) is 5.02 Å². The first kappa shape index (κ1) is 15.7. The normalized spacial score (nSPS) is 11.7. The molecule has 0 atom stereocenters. The standard InChI is InChI=1S/C9H8ClF3N2O3S/c10-4-1-5(9(16)15-3-7(11)12)8(13)6(2-4)19(14,17)18/h1-2,7H,3H2,(H,15,16)(H2,14,17,18). The van der Waals surface area contributed by atoms with E-state index in [9.17, 15) is 26.4 Å². The Morgan fingerprint density at radius 1 is 1.42 bits per heavy atom. The summed E-state index contributed by atoms with van der Waals surface area (Å²) in [6.07, 6.45) is -2.83. The van der Waals surface area contributed by atoms with Crippen LogP contribution in [0, 0.1) is 5.82 Å². The lowest BCUT2D eigenvalue weighted by atomic mass is 10.2. The van der Waals surface area contributed by atoms with Crippen LogP contribution in [-0.4, -0.2) is 27.3 Å². The molecule has 1 amide bonds. The third-order valence-electron chi connectivity index (χ3n) is 1.97. The molecular formula is C9H8ClF3N2O3S. The molecule has 0 fully saturated rings. The number of carbonyl (C=O) groups is 1. The molecule has 19 heavy (non-hydrogen) atoms. The first-order valence-electron chi connectivity index (χ1n) is 4.71. The van der Waals surface area contributed by atoms with Gasteiger partial charge in [-0.2, -0.15) is 0 Å². The maximum atomic E-state index is 13.8. The minimum absolute atomic E-state index is 0.271. The van der Waals surface area contributed by atoms with Gasteiger partial charge < -0.3 is 5.32 Å². The zero-order chi connectivity index (χ0) is 14.8. The molecule has 0 saturated heterocycles. The van der Waals surface area contributed by atoms with E-state index in [1.165, 1.54) is 0 Å². The van der Waals surface area contributed by atoms with Crippen LogP contribution < -0.4 is 10.5 Å². The third kappa shape index (κ3) is 4.08. The second-order valence-corrected chi connectivity index (χ2v) is 5.38. The van der Waals surface area contributed by atoms with Gasteiger partial charge >= 0.3 is 0 Å². The van der Waals surface area contributed by atoms with Crippen LogP contribution in [0.5, 0.6) is 0 Å². The molecular weight excluding hydrogens is 309 g/mol. The summed E-state index contributed by atoms with van der Waals surface area (Å²) >= 11 is 5.52. The summed E-state index contributed by atoms with van der Waals surface area (Å²) in [6.45, 7) is -1.00. The summed E-state index contributed by atoms with van der Waals surface area (Å²) < 4.78 is 59.7. The summed E-state index contributed by atoms with van der Waals surface area (Å²) in [6, 6.07) is 1.53. The van der Waals surface area contributed by atoms with Crippen LogP contribution in [0.25, 0.3) is 0 Å². The minimum atomic E-state index is -4.43. The van der Waals surface area contributed by atoms with E-state index in [4.69, 9.17) is 16.7 Å². The van der Waals surface area contributed by atoms with Crippen LogP contribution in [0.2, 0.25) is 5.02 Å². The smallest absolute Gasteiger partial charge is 0.255 e. The Balaban J connectivity index is 3.22. The highest BCUT2D eigenvalue weighted by Crippen LogP contribution is 2.22. The number of sulfonamides is 1. The molecule has 0 aliphatic rings. The average molecular weight is 317 g/mol. The Morgan fingerprint density at radius 2 is 2.00 bits per heavy atom. The van der Waals surface area contributed by atoms with Gasteiger partial charge in [0.1, 0.15) is 4.90 Å². The van der Waals surface area contributed by atoms with Gasteiger partial charge in [-0.05, 0) is 12.1 Å². The zero-order valence-electron chi connectivity index (χ0n) is 9.16. The van der Waals surface area contributed by atoms with Crippen molar-refractivity contribution < 1.29 is 26.4 Å². The van der Waals surface area contributed by atoms with Crippen molar-refractivity contribution in [1.29, 1.82) is 0 Å². The Kier molecular flexibility index (Phi) is 4.77. The number of halogens is 4. The fourth-order valence-electron chi connectivity index (χ4n) is 1.20. The van der Waals surface area contributed by atoms with Crippen molar-refractivity contribution >= 4 is 27.5 Å². The molecule has 0 heterocycles. The van der Waals surface area contributed by atoms with Gasteiger partial charge in [-0.25, -0.2) is 26.7 Å². The molecule has 0 aliphatic heterocycles. The maximum Gasteiger partial charge on any atom is 0.255 e. The lowest BCUT2D eigenvalue weighted by Crippen LogP contribution is -2.29. The number of amides is 1. The molecule has 0 radical (unpaired) electrons. The van der Waals surface area contributed by atoms with Crippen molar-refractivity contribution in [3.05, 3.63) is 28.5 Å². The molecule has 0 aliphatic carbocycles. The van der Waals surface area contributed by atoms with Crippen LogP contribution in [0.1, 0.15) is 10.4 Å². The van der Waals surface area contributed by atoms with Crippen molar-refractivity contribution in [3.63, 3.8) is 0 Å². The van der Waals surface area contributed by atoms with E-state index in [1.807, 2.05) is 0 Å². The quantitative estimate of drug-likeness (QED) is 0.872. The molecule has 0 unspecified atom stereocenters. The fraction of sp³-hybridized carbons (Fsp3) is 0.222. The van der Waals surface area contributed by atoms with Gasteiger partial charge in [-0.3, -0.25) is 4.79 Å². The number of nitrogens with one attached hydrogen (secondary N) is 1. The van der Waals surface area contributed by atoms with Crippen LogP contribution in [-0.2, 0) is 10.0 Å². The Hall–Kier alpha value is -1.32. The second-order valence-electron chi connectivity index (χ2n) is 3.41. The van der Waals surface area contributed by atoms with Gasteiger partial charge in [-0.15, -0.1) is 0 Å².